The third-order valence-corrected chi connectivity index (χ3v) is 3.27. The molecule has 0 bridgehead atoms. The summed E-state index contributed by atoms with van der Waals surface area (Å²) >= 11 is 5.11. The van der Waals surface area contributed by atoms with Gasteiger partial charge in [-0.2, -0.15) is 0 Å². The first kappa shape index (κ1) is 10.9. The van der Waals surface area contributed by atoms with Gasteiger partial charge >= 0.3 is 0 Å². The number of halogens is 1. The third kappa shape index (κ3) is 4.55. The summed E-state index contributed by atoms with van der Waals surface area (Å²) in [5.74, 6) is 0.236. The molecule has 0 radical (unpaired) electrons. The molecule has 1 aromatic rings. The van der Waals surface area contributed by atoms with Crippen LogP contribution in [-0.2, 0) is 11.3 Å². The summed E-state index contributed by atoms with van der Waals surface area (Å²) < 4.78 is 1.13. The fourth-order valence-corrected chi connectivity index (χ4v) is 2.34. The van der Waals surface area contributed by atoms with Gasteiger partial charge in [-0.15, -0.1) is 11.3 Å². The van der Waals surface area contributed by atoms with Gasteiger partial charge in [-0.3, -0.25) is 4.79 Å². The van der Waals surface area contributed by atoms with E-state index < -0.39 is 0 Å². The Hall–Kier alpha value is -0.190. The molecule has 0 saturated carbocycles. The summed E-state index contributed by atoms with van der Waals surface area (Å²) in [7, 11) is 0. The molecule has 0 unspecified atom stereocenters. The zero-order valence-corrected chi connectivity index (χ0v) is 9.87. The smallest absolute Gasteiger partial charge is 0.131 e. The molecule has 0 fully saturated rings. The van der Waals surface area contributed by atoms with Crippen molar-refractivity contribution in [2.75, 3.05) is 6.54 Å². The number of hydrogen-bond acceptors (Lipinski definition) is 3. The summed E-state index contributed by atoms with van der Waals surface area (Å²) in [5.41, 5.74) is 0. The van der Waals surface area contributed by atoms with Crippen molar-refractivity contribution in [1.29, 1.82) is 0 Å². The lowest BCUT2D eigenvalue weighted by Crippen LogP contribution is -2.16. The van der Waals surface area contributed by atoms with Crippen molar-refractivity contribution in [2.24, 2.45) is 0 Å². The van der Waals surface area contributed by atoms with Gasteiger partial charge < -0.3 is 5.32 Å². The van der Waals surface area contributed by atoms with Crippen LogP contribution in [0.15, 0.2) is 15.9 Å². The van der Waals surface area contributed by atoms with Crippen LogP contribution < -0.4 is 5.32 Å². The summed E-state index contributed by atoms with van der Waals surface area (Å²) in [6.07, 6.45) is 0.618. The van der Waals surface area contributed by atoms with Crippen LogP contribution in [0.4, 0.5) is 0 Å². The lowest BCUT2D eigenvalue weighted by molar-refractivity contribution is -0.116. The molecule has 13 heavy (non-hydrogen) atoms. The van der Waals surface area contributed by atoms with Crippen LogP contribution >= 0.6 is 27.3 Å². The molecule has 0 aliphatic rings. The number of nitrogens with one attached hydrogen (secondary N) is 1. The van der Waals surface area contributed by atoms with E-state index in [1.165, 1.54) is 4.88 Å². The van der Waals surface area contributed by atoms with Gasteiger partial charge in [0.05, 0.1) is 0 Å². The van der Waals surface area contributed by atoms with Crippen molar-refractivity contribution < 1.29 is 4.79 Å². The van der Waals surface area contributed by atoms with Gasteiger partial charge in [-0.1, -0.05) is 0 Å². The molecule has 0 saturated heterocycles. The summed E-state index contributed by atoms with van der Waals surface area (Å²) in [6, 6.07) is 2.09. The van der Waals surface area contributed by atoms with Gasteiger partial charge in [0.2, 0.25) is 0 Å². The number of ketones is 1. The number of thiophene rings is 1. The topological polar surface area (TPSA) is 29.1 Å². The van der Waals surface area contributed by atoms with Gasteiger partial charge in [-0.05, 0) is 28.9 Å². The maximum Gasteiger partial charge on any atom is 0.131 e. The first-order chi connectivity index (χ1) is 6.18. The predicted octanol–water partition coefficient (Wildman–Crippen LogP) is 2.58. The van der Waals surface area contributed by atoms with Gasteiger partial charge in [0, 0.05) is 34.2 Å². The quantitative estimate of drug-likeness (QED) is 0.826. The molecular weight excluding hydrogens is 250 g/mol. The van der Waals surface area contributed by atoms with Crippen LogP contribution in [0.5, 0.6) is 0 Å². The maximum absolute atomic E-state index is 10.6. The van der Waals surface area contributed by atoms with Crippen molar-refractivity contribution in [2.45, 2.75) is 19.9 Å². The molecule has 0 aliphatic carbocycles. The maximum atomic E-state index is 10.6. The number of rotatable bonds is 5. The second-order valence-electron chi connectivity index (χ2n) is 2.86. The number of hydrogen-bond donors (Lipinski definition) is 1. The molecule has 72 valence electrons. The van der Waals surface area contributed by atoms with Crippen molar-refractivity contribution >= 4 is 33.0 Å². The van der Waals surface area contributed by atoms with Crippen molar-refractivity contribution in [3.05, 3.63) is 20.8 Å². The fourth-order valence-electron chi connectivity index (χ4n) is 0.923. The third-order valence-electron chi connectivity index (χ3n) is 1.57. The van der Waals surface area contributed by atoms with Gasteiger partial charge in [0.25, 0.3) is 0 Å². The van der Waals surface area contributed by atoms with E-state index >= 15 is 0 Å². The number of carbonyl (C=O) groups is 1. The molecule has 1 N–H and O–H groups in total. The average molecular weight is 262 g/mol. The van der Waals surface area contributed by atoms with Gasteiger partial charge in [-0.25, -0.2) is 0 Å². The Bertz CT molecular complexity index is 285. The van der Waals surface area contributed by atoms with Crippen molar-refractivity contribution in [3.63, 3.8) is 0 Å². The molecule has 0 aromatic carbocycles. The number of carbonyl (C=O) groups excluding carboxylic acids is 1. The first-order valence-corrected chi connectivity index (χ1v) is 5.79. The Morgan fingerprint density at radius 2 is 2.46 bits per heavy atom. The largest absolute Gasteiger partial charge is 0.311 e. The van der Waals surface area contributed by atoms with Crippen LogP contribution in [0.3, 0.4) is 0 Å². The molecule has 4 heteroatoms. The Morgan fingerprint density at radius 1 is 1.69 bits per heavy atom. The van der Waals surface area contributed by atoms with Crippen molar-refractivity contribution in [1.82, 2.24) is 5.32 Å². The molecule has 1 heterocycles. The molecule has 0 aliphatic heterocycles. The molecule has 1 rings (SSSR count). The van der Waals surface area contributed by atoms with E-state index in [4.69, 9.17) is 0 Å². The van der Waals surface area contributed by atoms with Gasteiger partial charge in [0.15, 0.2) is 0 Å². The van der Waals surface area contributed by atoms with Crippen LogP contribution in [0.2, 0.25) is 0 Å². The molecular formula is C9H12BrNOS. The summed E-state index contributed by atoms with van der Waals surface area (Å²) in [6.45, 7) is 3.23. The zero-order chi connectivity index (χ0) is 9.68. The summed E-state index contributed by atoms with van der Waals surface area (Å²) in [5, 5.41) is 5.27. The second kappa shape index (κ2) is 5.52. The van der Waals surface area contributed by atoms with Gasteiger partial charge in [0.1, 0.15) is 5.78 Å². The number of Topliss-reactive ketones (excluding diaryl/α,β-unsaturated/α-hetero) is 1. The van der Waals surface area contributed by atoms with E-state index in [-0.39, 0.29) is 5.78 Å². The normalized spacial score (nSPS) is 10.3. The molecule has 2 nitrogen and oxygen atoms in total. The fraction of sp³-hybridized carbons (Fsp3) is 0.444. The first-order valence-electron chi connectivity index (χ1n) is 4.11. The lowest BCUT2D eigenvalue weighted by atomic mass is 10.3. The Labute approximate surface area is 90.5 Å². The summed E-state index contributed by atoms with van der Waals surface area (Å²) in [4.78, 5) is 11.9. The highest BCUT2D eigenvalue weighted by molar-refractivity contribution is 9.10. The highest BCUT2D eigenvalue weighted by Crippen LogP contribution is 2.19. The lowest BCUT2D eigenvalue weighted by Gasteiger charge is -1.99. The highest BCUT2D eigenvalue weighted by atomic mass is 79.9. The van der Waals surface area contributed by atoms with E-state index in [0.29, 0.717) is 6.42 Å². The minimum atomic E-state index is 0.236. The monoisotopic (exact) mass is 261 g/mol. The van der Waals surface area contributed by atoms with Crippen LogP contribution in [0.1, 0.15) is 18.2 Å². The van der Waals surface area contributed by atoms with E-state index in [1.807, 2.05) is 0 Å². The zero-order valence-electron chi connectivity index (χ0n) is 7.47. The molecule has 0 atom stereocenters. The van der Waals surface area contributed by atoms with Crippen LogP contribution in [0.25, 0.3) is 0 Å². The minimum Gasteiger partial charge on any atom is -0.311 e. The Kier molecular flexibility index (Phi) is 4.62. The van der Waals surface area contributed by atoms with Crippen molar-refractivity contribution in [3.8, 4) is 0 Å². The Morgan fingerprint density at radius 3 is 3.00 bits per heavy atom. The molecule has 1 aromatic heterocycles. The molecule has 0 spiro atoms. The SMILES string of the molecule is CC(=O)CCNCc1cc(Br)cs1. The Balaban J connectivity index is 2.16. The predicted molar refractivity (Wildman–Crippen MR) is 59.0 cm³/mol. The minimum absolute atomic E-state index is 0.236. The van der Waals surface area contributed by atoms with E-state index in [2.05, 4.69) is 32.7 Å². The standard InChI is InChI=1S/C9H12BrNOS/c1-7(12)2-3-11-5-9-4-8(10)6-13-9/h4,6,11H,2-3,5H2,1H3. The van der Waals surface area contributed by atoms with E-state index in [9.17, 15) is 4.79 Å². The average Bonchev–Trinajstić information content (AvgIpc) is 2.45. The van der Waals surface area contributed by atoms with E-state index in [1.54, 1.807) is 18.3 Å². The second-order valence-corrected chi connectivity index (χ2v) is 4.77. The van der Waals surface area contributed by atoms with Crippen LogP contribution in [-0.4, -0.2) is 12.3 Å². The highest BCUT2D eigenvalue weighted by Gasteiger charge is 1.97. The molecule has 0 amide bonds. The van der Waals surface area contributed by atoms with Crippen LogP contribution in [0, 0.1) is 0 Å². The van der Waals surface area contributed by atoms with E-state index in [0.717, 1.165) is 17.6 Å².